The number of carbonyl (C=O) groups is 2. The Balaban J connectivity index is 2.60. The van der Waals surface area contributed by atoms with Crippen molar-refractivity contribution in [3.63, 3.8) is 0 Å². The number of carbonyl (C=O) groups excluding carboxylic acids is 2. The van der Waals surface area contributed by atoms with Crippen LogP contribution in [0.5, 0.6) is 0 Å². The second-order valence-electron chi connectivity index (χ2n) is 4.91. The highest BCUT2D eigenvalue weighted by molar-refractivity contribution is 6.28. The maximum atomic E-state index is 12.1. The molecule has 2 rings (SSSR count). The Morgan fingerprint density at radius 3 is 2.22 bits per heavy atom. The van der Waals surface area contributed by atoms with Gasteiger partial charge in [-0.25, -0.2) is 0 Å². The molecule has 1 aliphatic rings. The zero-order valence-electron chi connectivity index (χ0n) is 10.8. The molecule has 0 aliphatic heterocycles. The lowest BCUT2D eigenvalue weighted by molar-refractivity contribution is -0.122. The molecule has 3 nitrogen and oxygen atoms in total. The number of rotatable bonds is 2. The van der Waals surface area contributed by atoms with Crippen LogP contribution in [0.3, 0.4) is 0 Å². The van der Waals surface area contributed by atoms with Crippen molar-refractivity contribution in [3.05, 3.63) is 40.1 Å². The quantitative estimate of drug-likeness (QED) is 0.642. The van der Waals surface area contributed by atoms with Gasteiger partial charge < -0.3 is 9.90 Å². The van der Waals surface area contributed by atoms with E-state index < -0.39 is 5.92 Å². The molecule has 0 saturated heterocycles. The number of aliphatic hydroxyl groups is 1. The molecular formula is C15H16O3. The SMILES string of the molecule is Cc1cc(C)c(C2=C(O)CC(C=O)C2=O)c(C)c1. The predicted molar refractivity (Wildman–Crippen MR) is 69.4 cm³/mol. The second-order valence-corrected chi connectivity index (χ2v) is 4.91. The van der Waals surface area contributed by atoms with Crippen LogP contribution in [0.4, 0.5) is 0 Å². The summed E-state index contributed by atoms with van der Waals surface area (Å²) < 4.78 is 0. The zero-order chi connectivity index (χ0) is 13.4. The van der Waals surface area contributed by atoms with Gasteiger partial charge in [0.15, 0.2) is 5.78 Å². The maximum Gasteiger partial charge on any atom is 0.177 e. The average Bonchev–Trinajstić information content (AvgIpc) is 2.55. The van der Waals surface area contributed by atoms with Crippen molar-refractivity contribution in [2.24, 2.45) is 5.92 Å². The molecule has 94 valence electrons. The van der Waals surface area contributed by atoms with Gasteiger partial charge in [0, 0.05) is 6.42 Å². The molecular weight excluding hydrogens is 228 g/mol. The second kappa shape index (κ2) is 4.41. The van der Waals surface area contributed by atoms with Gasteiger partial charge in [-0.05, 0) is 37.5 Å². The highest BCUT2D eigenvalue weighted by atomic mass is 16.3. The van der Waals surface area contributed by atoms with Crippen molar-refractivity contribution in [2.45, 2.75) is 27.2 Å². The third-order valence-electron chi connectivity index (χ3n) is 3.38. The smallest absolute Gasteiger partial charge is 0.177 e. The summed E-state index contributed by atoms with van der Waals surface area (Å²) in [4.78, 5) is 22.9. The van der Waals surface area contributed by atoms with E-state index >= 15 is 0 Å². The van der Waals surface area contributed by atoms with Crippen LogP contribution in [0.1, 0.15) is 28.7 Å². The highest BCUT2D eigenvalue weighted by Crippen LogP contribution is 2.36. The Labute approximate surface area is 106 Å². The van der Waals surface area contributed by atoms with Gasteiger partial charge in [0.2, 0.25) is 0 Å². The molecule has 1 N–H and O–H groups in total. The van der Waals surface area contributed by atoms with E-state index in [0.29, 0.717) is 11.9 Å². The van der Waals surface area contributed by atoms with Crippen LogP contribution in [-0.2, 0) is 9.59 Å². The molecule has 0 spiro atoms. The summed E-state index contributed by atoms with van der Waals surface area (Å²) in [6, 6.07) is 3.95. The number of benzene rings is 1. The van der Waals surface area contributed by atoms with Crippen molar-refractivity contribution >= 4 is 17.6 Å². The Hall–Kier alpha value is -1.90. The molecule has 0 amide bonds. The number of ketones is 1. The first-order valence-corrected chi connectivity index (χ1v) is 5.95. The first-order chi connectivity index (χ1) is 8.45. The first-order valence-electron chi connectivity index (χ1n) is 5.95. The van der Waals surface area contributed by atoms with E-state index in [-0.39, 0.29) is 18.0 Å². The fraction of sp³-hybridized carbons (Fsp3) is 0.333. The predicted octanol–water partition coefficient (Wildman–Crippen LogP) is 2.67. The van der Waals surface area contributed by atoms with Crippen molar-refractivity contribution in [1.29, 1.82) is 0 Å². The van der Waals surface area contributed by atoms with Crippen molar-refractivity contribution < 1.29 is 14.7 Å². The Morgan fingerprint density at radius 2 is 1.78 bits per heavy atom. The van der Waals surface area contributed by atoms with Gasteiger partial charge >= 0.3 is 0 Å². The molecule has 0 fully saturated rings. The van der Waals surface area contributed by atoms with Gasteiger partial charge in [-0.1, -0.05) is 17.7 Å². The summed E-state index contributed by atoms with van der Waals surface area (Å²) in [6.07, 6.45) is 0.745. The molecule has 1 aromatic carbocycles. The van der Waals surface area contributed by atoms with E-state index in [4.69, 9.17) is 0 Å². The van der Waals surface area contributed by atoms with Gasteiger partial charge in [0.1, 0.15) is 12.0 Å². The number of aliphatic hydroxyl groups excluding tert-OH is 1. The number of aryl methyl sites for hydroxylation is 3. The van der Waals surface area contributed by atoms with E-state index in [1.807, 2.05) is 32.9 Å². The van der Waals surface area contributed by atoms with E-state index in [2.05, 4.69) is 0 Å². The Bertz CT molecular complexity index is 544. The lowest BCUT2D eigenvalue weighted by Gasteiger charge is -2.12. The third-order valence-corrected chi connectivity index (χ3v) is 3.38. The van der Waals surface area contributed by atoms with Crippen LogP contribution < -0.4 is 0 Å². The minimum absolute atomic E-state index is 0.0344. The largest absolute Gasteiger partial charge is 0.511 e. The number of Topliss-reactive ketones (excluding diaryl/α,β-unsaturated/α-hetero) is 1. The summed E-state index contributed by atoms with van der Waals surface area (Å²) >= 11 is 0. The van der Waals surface area contributed by atoms with Gasteiger partial charge in [-0.15, -0.1) is 0 Å². The van der Waals surface area contributed by atoms with Crippen LogP contribution in [0, 0.1) is 26.7 Å². The summed E-state index contributed by atoms with van der Waals surface area (Å²) in [7, 11) is 0. The number of hydrogen-bond acceptors (Lipinski definition) is 3. The minimum Gasteiger partial charge on any atom is -0.511 e. The summed E-state index contributed by atoms with van der Waals surface area (Å²) in [5, 5.41) is 9.93. The molecule has 0 saturated carbocycles. The zero-order valence-corrected chi connectivity index (χ0v) is 10.8. The van der Waals surface area contributed by atoms with Crippen LogP contribution in [-0.4, -0.2) is 17.2 Å². The number of aldehydes is 1. The van der Waals surface area contributed by atoms with Gasteiger partial charge in [0.05, 0.1) is 11.5 Å². The Morgan fingerprint density at radius 1 is 1.22 bits per heavy atom. The van der Waals surface area contributed by atoms with E-state index in [0.717, 1.165) is 22.3 Å². The van der Waals surface area contributed by atoms with Crippen LogP contribution in [0.2, 0.25) is 0 Å². The van der Waals surface area contributed by atoms with Crippen molar-refractivity contribution in [1.82, 2.24) is 0 Å². The number of allylic oxidation sites excluding steroid dienone is 2. The third kappa shape index (κ3) is 1.86. The fourth-order valence-corrected chi connectivity index (χ4v) is 2.68. The normalized spacial score (nSPS) is 19.5. The molecule has 0 radical (unpaired) electrons. The van der Waals surface area contributed by atoms with Gasteiger partial charge in [0.25, 0.3) is 0 Å². The van der Waals surface area contributed by atoms with Crippen LogP contribution >= 0.6 is 0 Å². The highest BCUT2D eigenvalue weighted by Gasteiger charge is 2.35. The molecule has 3 heteroatoms. The van der Waals surface area contributed by atoms with Crippen molar-refractivity contribution in [2.75, 3.05) is 0 Å². The molecule has 1 aromatic rings. The summed E-state index contributed by atoms with van der Waals surface area (Å²) in [5.74, 6) is -0.954. The molecule has 1 atom stereocenters. The van der Waals surface area contributed by atoms with E-state index in [1.165, 1.54) is 0 Å². The van der Waals surface area contributed by atoms with E-state index in [1.54, 1.807) is 0 Å². The number of hydrogen-bond donors (Lipinski definition) is 1. The Kier molecular flexibility index (Phi) is 3.07. The monoisotopic (exact) mass is 244 g/mol. The molecule has 1 aliphatic carbocycles. The first kappa shape index (κ1) is 12.6. The summed E-state index contributed by atoms with van der Waals surface area (Å²) in [6.45, 7) is 5.82. The fourth-order valence-electron chi connectivity index (χ4n) is 2.68. The average molecular weight is 244 g/mol. The molecule has 0 aromatic heterocycles. The summed E-state index contributed by atoms with van der Waals surface area (Å²) in [5.41, 5.74) is 4.11. The van der Waals surface area contributed by atoms with E-state index in [9.17, 15) is 14.7 Å². The molecule has 18 heavy (non-hydrogen) atoms. The van der Waals surface area contributed by atoms with Gasteiger partial charge in [-0.3, -0.25) is 4.79 Å². The molecule has 0 bridgehead atoms. The van der Waals surface area contributed by atoms with Crippen LogP contribution in [0.15, 0.2) is 17.9 Å². The topological polar surface area (TPSA) is 54.4 Å². The molecule has 1 unspecified atom stereocenters. The molecule has 0 heterocycles. The van der Waals surface area contributed by atoms with Crippen LogP contribution in [0.25, 0.3) is 5.57 Å². The van der Waals surface area contributed by atoms with Gasteiger partial charge in [-0.2, -0.15) is 0 Å². The maximum absolute atomic E-state index is 12.1. The lowest BCUT2D eigenvalue weighted by Crippen LogP contribution is -2.12. The standard InChI is InChI=1S/C15H16O3/c1-8-4-9(2)13(10(3)5-8)14-12(17)6-11(7-16)15(14)18/h4-5,7,11,17H,6H2,1-3H3. The lowest BCUT2D eigenvalue weighted by atomic mass is 9.91. The minimum atomic E-state index is -0.722. The van der Waals surface area contributed by atoms with Crippen molar-refractivity contribution in [3.8, 4) is 0 Å².